The molecule has 9 rings (SSSR count). The Morgan fingerprint density at radius 3 is 1.82 bits per heavy atom. The van der Waals surface area contributed by atoms with E-state index in [1.165, 1.54) is 60.3 Å². The maximum atomic E-state index is 5.40. The van der Waals surface area contributed by atoms with E-state index in [0.29, 0.717) is 11.8 Å². The molecule has 0 spiro atoms. The molecule has 0 aliphatic heterocycles. The van der Waals surface area contributed by atoms with Crippen molar-refractivity contribution >= 4 is 54.4 Å². The summed E-state index contributed by atoms with van der Waals surface area (Å²) in [4.78, 5) is 10.6. The lowest BCUT2D eigenvalue weighted by molar-refractivity contribution is 0.868. The first-order chi connectivity index (χ1) is 23.9. The van der Waals surface area contributed by atoms with Crippen LogP contribution in [0.3, 0.4) is 0 Å². The molecule has 0 aliphatic carbocycles. The van der Waals surface area contributed by atoms with Gasteiger partial charge in [0.2, 0.25) is 0 Å². The molecule has 0 bridgehead atoms. The van der Waals surface area contributed by atoms with Gasteiger partial charge in [0.1, 0.15) is 0 Å². The molecule has 0 N–H and O–H groups in total. The average Bonchev–Trinajstić information content (AvgIpc) is 3.48. The highest BCUT2D eigenvalue weighted by molar-refractivity contribution is 6.23. The molecule has 2 heterocycles. The van der Waals surface area contributed by atoms with Gasteiger partial charge in [-0.1, -0.05) is 113 Å². The topological polar surface area (TPSA) is 30.7 Å². The third-order valence-electron chi connectivity index (χ3n) is 10.2. The molecule has 0 atom stereocenters. The van der Waals surface area contributed by atoms with Gasteiger partial charge in [0.15, 0.2) is 0 Å². The van der Waals surface area contributed by atoms with E-state index in [2.05, 4.69) is 166 Å². The van der Waals surface area contributed by atoms with Crippen molar-refractivity contribution in [2.75, 3.05) is 0 Å². The fourth-order valence-electron chi connectivity index (χ4n) is 7.48. The number of fused-ring (bicyclic) bond motifs is 9. The van der Waals surface area contributed by atoms with Crippen LogP contribution in [0.2, 0.25) is 0 Å². The fraction of sp³-hybridized carbons (Fsp3) is 0.130. The fourth-order valence-corrected chi connectivity index (χ4v) is 7.48. The van der Waals surface area contributed by atoms with Crippen LogP contribution < -0.4 is 0 Å². The molecule has 2 aromatic heterocycles. The highest BCUT2D eigenvalue weighted by Gasteiger charge is 2.17. The Bertz CT molecular complexity index is 2720. The maximum Gasteiger partial charge on any atom is 0.0979 e. The molecular weight excluding hydrogens is 595 g/mol. The van der Waals surface area contributed by atoms with Gasteiger partial charge in [-0.05, 0) is 93.4 Å². The number of rotatable bonds is 5. The van der Waals surface area contributed by atoms with Gasteiger partial charge in [0.05, 0.1) is 34.0 Å². The Morgan fingerprint density at radius 1 is 0.449 bits per heavy atom. The molecule has 0 saturated heterocycles. The molecule has 49 heavy (non-hydrogen) atoms. The number of nitrogens with zero attached hydrogens (tertiary/aromatic N) is 3. The molecule has 3 heteroatoms. The van der Waals surface area contributed by atoms with Crippen molar-refractivity contribution in [2.24, 2.45) is 0 Å². The van der Waals surface area contributed by atoms with Crippen molar-refractivity contribution < 1.29 is 0 Å². The average molecular weight is 632 g/mol. The Labute approximate surface area is 286 Å². The molecule has 0 unspecified atom stereocenters. The summed E-state index contributed by atoms with van der Waals surface area (Å²) in [6.07, 6.45) is 1.96. The van der Waals surface area contributed by atoms with Crippen LogP contribution in [0.5, 0.6) is 0 Å². The first-order valence-electron chi connectivity index (χ1n) is 17.3. The molecule has 3 nitrogen and oxygen atoms in total. The van der Waals surface area contributed by atoms with E-state index in [-0.39, 0.29) is 0 Å². The summed E-state index contributed by atoms with van der Waals surface area (Å²) in [5.41, 5.74) is 12.4. The van der Waals surface area contributed by atoms with Crippen LogP contribution in [0.15, 0.2) is 140 Å². The van der Waals surface area contributed by atoms with Gasteiger partial charge >= 0.3 is 0 Å². The molecular formula is C46H37N3. The van der Waals surface area contributed by atoms with Crippen molar-refractivity contribution in [3.05, 3.63) is 151 Å². The predicted molar refractivity (Wildman–Crippen MR) is 208 cm³/mol. The van der Waals surface area contributed by atoms with Gasteiger partial charge in [-0.25, -0.2) is 4.98 Å². The van der Waals surface area contributed by atoms with E-state index in [1.54, 1.807) is 0 Å². The van der Waals surface area contributed by atoms with E-state index in [4.69, 9.17) is 9.97 Å². The molecule has 0 radical (unpaired) electrons. The SMILES string of the molecule is CC(C)c1ccc2c3ccc(C(C)C)cc3c3nc(-c4cccc(-c5ccc6c(c5)c5ccccc5n6-c5ccccc5)c4)cnc3c2c1. The highest BCUT2D eigenvalue weighted by atomic mass is 15.0. The zero-order valence-corrected chi connectivity index (χ0v) is 28.3. The van der Waals surface area contributed by atoms with Crippen LogP contribution in [-0.2, 0) is 0 Å². The van der Waals surface area contributed by atoms with Crippen molar-refractivity contribution in [3.63, 3.8) is 0 Å². The lowest BCUT2D eigenvalue weighted by Crippen LogP contribution is -1.95. The minimum atomic E-state index is 0.422. The molecule has 0 saturated carbocycles. The monoisotopic (exact) mass is 631 g/mol. The first-order valence-corrected chi connectivity index (χ1v) is 17.3. The summed E-state index contributed by atoms with van der Waals surface area (Å²) in [6.45, 7) is 8.99. The number of hydrogen-bond donors (Lipinski definition) is 0. The van der Waals surface area contributed by atoms with Crippen LogP contribution >= 0.6 is 0 Å². The summed E-state index contributed by atoms with van der Waals surface area (Å²) < 4.78 is 2.36. The zero-order chi connectivity index (χ0) is 33.2. The van der Waals surface area contributed by atoms with Crippen LogP contribution in [0.4, 0.5) is 0 Å². The van der Waals surface area contributed by atoms with Crippen molar-refractivity contribution in [3.8, 4) is 28.1 Å². The molecule has 236 valence electrons. The van der Waals surface area contributed by atoms with Crippen LogP contribution in [0, 0.1) is 0 Å². The Kier molecular flexibility index (Phi) is 6.84. The van der Waals surface area contributed by atoms with E-state index in [1.807, 2.05) is 6.20 Å². The zero-order valence-electron chi connectivity index (χ0n) is 28.3. The third kappa shape index (κ3) is 4.80. The second-order valence-corrected chi connectivity index (χ2v) is 13.9. The Morgan fingerprint density at radius 2 is 1.08 bits per heavy atom. The van der Waals surface area contributed by atoms with E-state index < -0.39 is 0 Å². The van der Waals surface area contributed by atoms with Gasteiger partial charge in [-0.2, -0.15) is 0 Å². The predicted octanol–water partition coefficient (Wildman–Crippen LogP) is 12.6. The van der Waals surface area contributed by atoms with Crippen molar-refractivity contribution in [2.45, 2.75) is 39.5 Å². The molecule has 9 aromatic rings. The number of hydrogen-bond acceptors (Lipinski definition) is 2. The molecule has 7 aromatic carbocycles. The summed E-state index contributed by atoms with van der Waals surface area (Å²) in [6, 6.07) is 48.6. The van der Waals surface area contributed by atoms with Crippen LogP contribution in [-0.4, -0.2) is 14.5 Å². The second kappa shape index (κ2) is 11.4. The smallest absolute Gasteiger partial charge is 0.0979 e. The van der Waals surface area contributed by atoms with Crippen molar-refractivity contribution in [1.29, 1.82) is 0 Å². The lowest BCUT2D eigenvalue weighted by Gasteiger charge is -2.15. The second-order valence-electron chi connectivity index (χ2n) is 13.9. The third-order valence-corrected chi connectivity index (χ3v) is 10.2. The first kappa shape index (κ1) is 29.3. The molecule has 0 fully saturated rings. The van der Waals surface area contributed by atoms with Gasteiger partial charge in [-0.3, -0.25) is 4.98 Å². The van der Waals surface area contributed by atoms with Gasteiger partial charge in [0.25, 0.3) is 0 Å². The number of benzene rings is 7. The number of para-hydroxylation sites is 2. The van der Waals surface area contributed by atoms with Crippen LogP contribution in [0.1, 0.15) is 50.7 Å². The van der Waals surface area contributed by atoms with E-state index >= 15 is 0 Å². The number of aromatic nitrogens is 3. The van der Waals surface area contributed by atoms with Crippen molar-refractivity contribution in [1.82, 2.24) is 14.5 Å². The summed E-state index contributed by atoms with van der Waals surface area (Å²) in [7, 11) is 0. The largest absolute Gasteiger partial charge is 0.309 e. The highest BCUT2D eigenvalue weighted by Crippen LogP contribution is 2.39. The minimum Gasteiger partial charge on any atom is -0.309 e. The Balaban J connectivity index is 1.21. The normalized spacial score (nSPS) is 12.0. The van der Waals surface area contributed by atoms with Gasteiger partial charge in [-0.15, -0.1) is 0 Å². The summed E-state index contributed by atoms with van der Waals surface area (Å²) in [5.74, 6) is 0.855. The lowest BCUT2D eigenvalue weighted by atomic mass is 9.92. The van der Waals surface area contributed by atoms with Crippen LogP contribution in [0.25, 0.3) is 82.5 Å². The standard InChI is InChI=1S/C46H37N3/c1-28(2)30-17-20-36-37-21-18-31(29(3)4)25-41(37)46-45(40(36)24-30)47-27-42(48-46)34-12-10-11-32(23-34)33-19-22-44-39(26-33)38-15-8-9-16-43(38)49(44)35-13-6-5-7-14-35/h5-29H,1-4H3. The van der Waals surface area contributed by atoms with E-state index in [0.717, 1.165) is 33.2 Å². The molecule has 0 aliphatic rings. The Hall–Kier alpha value is -5.80. The quantitative estimate of drug-likeness (QED) is 0.177. The minimum absolute atomic E-state index is 0.422. The summed E-state index contributed by atoms with van der Waals surface area (Å²) >= 11 is 0. The van der Waals surface area contributed by atoms with Gasteiger partial charge < -0.3 is 4.57 Å². The van der Waals surface area contributed by atoms with Gasteiger partial charge in [0, 0.05) is 32.8 Å². The molecule has 0 amide bonds. The summed E-state index contributed by atoms with van der Waals surface area (Å²) in [5, 5.41) is 7.28. The van der Waals surface area contributed by atoms with E-state index in [9.17, 15) is 0 Å². The maximum absolute atomic E-state index is 5.40.